The molecule has 1 N–H and O–H groups in total. The molecule has 0 saturated heterocycles. The van der Waals surface area contributed by atoms with E-state index in [1.807, 2.05) is 0 Å². The largest absolute Gasteiger partial charge is 0.394 e. The third kappa shape index (κ3) is 4.07. The predicted octanol–water partition coefficient (Wildman–Crippen LogP) is 2.07. The molecule has 74 valence electrons. The molecule has 2 nitrogen and oxygen atoms in total. The van der Waals surface area contributed by atoms with Crippen LogP contribution in [-0.2, 0) is 4.74 Å². The van der Waals surface area contributed by atoms with E-state index in [1.54, 1.807) is 0 Å². The van der Waals surface area contributed by atoms with Gasteiger partial charge in [0.1, 0.15) is 0 Å². The van der Waals surface area contributed by atoms with Crippen molar-refractivity contribution in [3.63, 3.8) is 0 Å². The van der Waals surface area contributed by atoms with Crippen molar-refractivity contribution in [2.45, 2.75) is 40.7 Å². The molecule has 0 aromatic rings. The lowest BCUT2D eigenvalue weighted by atomic mass is 9.79. The van der Waals surface area contributed by atoms with E-state index >= 15 is 0 Å². The van der Waals surface area contributed by atoms with Crippen molar-refractivity contribution in [3.05, 3.63) is 0 Å². The standard InChI is InChI=1S/C10H22O2/c1-8(10(3,4)5)9(2)12-7-6-11/h8-9,11H,6-7H2,1-5H3/t8-,9-/m1/s1. The number of ether oxygens (including phenoxy) is 1. The lowest BCUT2D eigenvalue weighted by Gasteiger charge is -2.32. The Hall–Kier alpha value is -0.0800. The molecule has 2 heteroatoms. The van der Waals surface area contributed by atoms with E-state index in [0.717, 1.165) is 0 Å². The quantitative estimate of drug-likeness (QED) is 0.707. The average Bonchev–Trinajstić information content (AvgIpc) is 1.97. The van der Waals surface area contributed by atoms with E-state index in [1.165, 1.54) is 0 Å². The first-order valence-electron chi connectivity index (χ1n) is 4.62. The highest BCUT2D eigenvalue weighted by Gasteiger charge is 2.25. The van der Waals surface area contributed by atoms with E-state index in [9.17, 15) is 0 Å². The van der Waals surface area contributed by atoms with Crippen LogP contribution in [0.4, 0.5) is 0 Å². The van der Waals surface area contributed by atoms with E-state index in [-0.39, 0.29) is 18.1 Å². The fourth-order valence-corrected chi connectivity index (χ4v) is 1.09. The minimum Gasteiger partial charge on any atom is -0.394 e. The van der Waals surface area contributed by atoms with Crippen LogP contribution in [0.15, 0.2) is 0 Å². The molecule has 0 amide bonds. The molecule has 0 bridgehead atoms. The summed E-state index contributed by atoms with van der Waals surface area (Å²) in [6.07, 6.45) is 0.220. The third-order valence-corrected chi connectivity index (χ3v) is 2.54. The summed E-state index contributed by atoms with van der Waals surface area (Å²) in [6, 6.07) is 0. The molecule has 0 aliphatic rings. The Morgan fingerprint density at radius 3 is 2.08 bits per heavy atom. The van der Waals surface area contributed by atoms with Gasteiger partial charge in [-0.05, 0) is 18.3 Å². The lowest BCUT2D eigenvalue weighted by Crippen LogP contribution is -2.30. The van der Waals surface area contributed by atoms with Crippen LogP contribution in [0.1, 0.15) is 34.6 Å². The molecule has 0 fully saturated rings. The van der Waals surface area contributed by atoms with Crippen LogP contribution in [0, 0.1) is 11.3 Å². The highest BCUT2D eigenvalue weighted by atomic mass is 16.5. The summed E-state index contributed by atoms with van der Waals surface area (Å²) in [4.78, 5) is 0. The van der Waals surface area contributed by atoms with Gasteiger partial charge in [0.25, 0.3) is 0 Å². The van der Waals surface area contributed by atoms with Crippen molar-refractivity contribution < 1.29 is 9.84 Å². The molecule has 0 saturated carbocycles. The van der Waals surface area contributed by atoms with Crippen molar-refractivity contribution in [2.75, 3.05) is 13.2 Å². The van der Waals surface area contributed by atoms with Crippen molar-refractivity contribution in [3.8, 4) is 0 Å². The highest BCUT2D eigenvalue weighted by molar-refractivity contribution is 4.74. The number of aliphatic hydroxyl groups is 1. The molecule has 0 radical (unpaired) electrons. The second-order valence-electron chi connectivity index (χ2n) is 4.45. The summed E-state index contributed by atoms with van der Waals surface area (Å²) in [5.74, 6) is 0.504. The Morgan fingerprint density at radius 2 is 1.75 bits per heavy atom. The van der Waals surface area contributed by atoms with Gasteiger partial charge < -0.3 is 9.84 Å². The Bertz CT molecular complexity index is 115. The lowest BCUT2D eigenvalue weighted by molar-refractivity contribution is -0.0193. The molecule has 0 unspecified atom stereocenters. The normalized spacial score (nSPS) is 17.5. The van der Waals surface area contributed by atoms with Gasteiger partial charge >= 0.3 is 0 Å². The summed E-state index contributed by atoms with van der Waals surface area (Å²) in [6.45, 7) is 11.4. The maximum atomic E-state index is 8.57. The van der Waals surface area contributed by atoms with E-state index in [4.69, 9.17) is 9.84 Å². The monoisotopic (exact) mass is 174 g/mol. The summed E-state index contributed by atoms with van der Waals surface area (Å²) < 4.78 is 5.43. The van der Waals surface area contributed by atoms with Gasteiger partial charge in [-0.25, -0.2) is 0 Å². The number of aliphatic hydroxyl groups excluding tert-OH is 1. The Balaban J connectivity index is 3.84. The maximum Gasteiger partial charge on any atom is 0.0701 e. The number of hydrogen-bond donors (Lipinski definition) is 1. The molecule has 0 rings (SSSR count). The fraction of sp³-hybridized carbons (Fsp3) is 1.00. The first-order valence-corrected chi connectivity index (χ1v) is 4.62. The second kappa shape index (κ2) is 4.83. The zero-order valence-corrected chi connectivity index (χ0v) is 8.92. The smallest absolute Gasteiger partial charge is 0.0701 e. The van der Waals surface area contributed by atoms with E-state index in [0.29, 0.717) is 12.5 Å². The van der Waals surface area contributed by atoms with Gasteiger partial charge in [0.2, 0.25) is 0 Å². The van der Waals surface area contributed by atoms with Crippen molar-refractivity contribution >= 4 is 0 Å². The first kappa shape index (κ1) is 11.9. The third-order valence-electron chi connectivity index (χ3n) is 2.54. The first-order chi connectivity index (χ1) is 5.39. The zero-order valence-electron chi connectivity index (χ0n) is 8.92. The van der Waals surface area contributed by atoms with Crippen molar-refractivity contribution in [1.29, 1.82) is 0 Å². The molecule has 12 heavy (non-hydrogen) atoms. The average molecular weight is 174 g/mol. The van der Waals surface area contributed by atoms with Gasteiger partial charge in [0, 0.05) is 0 Å². The molecule has 2 atom stereocenters. The Morgan fingerprint density at radius 1 is 1.25 bits per heavy atom. The summed E-state index contributed by atoms with van der Waals surface area (Å²) in [7, 11) is 0. The van der Waals surface area contributed by atoms with Gasteiger partial charge in [-0.1, -0.05) is 27.7 Å². The topological polar surface area (TPSA) is 29.5 Å². The van der Waals surface area contributed by atoms with E-state index < -0.39 is 0 Å². The van der Waals surface area contributed by atoms with Crippen LogP contribution in [0.25, 0.3) is 0 Å². The molecule has 0 aromatic carbocycles. The SMILES string of the molecule is C[C@H]([C@@H](C)OCCO)C(C)(C)C. The van der Waals surface area contributed by atoms with Gasteiger partial charge in [0.15, 0.2) is 0 Å². The molecule has 0 aromatic heterocycles. The Kier molecular flexibility index (Phi) is 4.80. The van der Waals surface area contributed by atoms with Gasteiger partial charge in [-0.2, -0.15) is 0 Å². The van der Waals surface area contributed by atoms with Crippen LogP contribution in [0.3, 0.4) is 0 Å². The summed E-state index contributed by atoms with van der Waals surface area (Å²) in [5.41, 5.74) is 0.273. The van der Waals surface area contributed by atoms with Gasteiger partial charge in [-0.15, -0.1) is 0 Å². The van der Waals surface area contributed by atoms with Gasteiger partial charge in [0.05, 0.1) is 19.3 Å². The molecule has 0 aliphatic heterocycles. The van der Waals surface area contributed by atoms with Crippen molar-refractivity contribution in [2.24, 2.45) is 11.3 Å². The number of rotatable bonds is 4. The zero-order chi connectivity index (χ0) is 9.78. The van der Waals surface area contributed by atoms with Gasteiger partial charge in [-0.3, -0.25) is 0 Å². The van der Waals surface area contributed by atoms with Crippen LogP contribution >= 0.6 is 0 Å². The second-order valence-corrected chi connectivity index (χ2v) is 4.45. The van der Waals surface area contributed by atoms with Crippen molar-refractivity contribution in [1.82, 2.24) is 0 Å². The Labute approximate surface area is 75.9 Å². The van der Waals surface area contributed by atoms with Crippen LogP contribution < -0.4 is 0 Å². The van der Waals surface area contributed by atoms with Crippen LogP contribution in [-0.4, -0.2) is 24.4 Å². The van der Waals surface area contributed by atoms with Crippen LogP contribution in [0.2, 0.25) is 0 Å². The number of hydrogen-bond acceptors (Lipinski definition) is 2. The fourth-order valence-electron chi connectivity index (χ4n) is 1.09. The molecule has 0 aliphatic carbocycles. The van der Waals surface area contributed by atoms with E-state index in [2.05, 4.69) is 34.6 Å². The minimum absolute atomic E-state index is 0.112. The maximum absolute atomic E-state index is 8.57. The molecule has 0 heterocycles. The highest BCUT2D eigenvalue weighted by Crippen LogP contribution is 2.29. The minimum atomic E-state index is 0.112. The molecular weight excluding hydrogens is 152 g/mol. The molecular formula is C10H22O2. The van der Waals surface area contributed by atoms with Crippen LogP contribution in [0.5, 0.6) is 0 Å². The summed E-state index contributed by atoms with van der Waals surface area (Å²) >= 11 is 0. The summed E-state index contributed by atoms with van der Waals surface area (Å²) in [5, 5.41) is 8.57. The predicted molar refractivity (Wildman–Crippen MR) is 51.1 cm³/mol. The molecule has 0 spiro atoms.